The van der Waals surface area contributed by atoms with Crippen molar-refractivity contribution in [3.05, 3.63) is 48.4 Å². The van der Waals surface area contributed by atoms with E-state index in [1.807, 2.05) is 49.1 Å². The van der Waals surface area contributed by atoms with Crippen molar-refractivity contribution in [3.8, 4) is 22.8 Å². The summed E-state index contributed by atoms with van der Waals surface area (Å²) in [6, 6.07) is 9.80. The number of hydrogen-bond donors (Lipinski definition) is 1. The first-order chi connectivity index (χ1) is 17.5. The predicted octanol–water partition coefficient (Wildman–Crippen LogP) is 4.00. The number of likely N-dealkylation sites (N-methyl/N-ethyl adjacent to an activating group) is 1. The van der Waals surface area contributed by atoms with Crippen LogP contribution in [0.25, 0.3) is 32.2 Å². The number of amides is 1. The molecule has 6 rings (SSSR count). The lowest BCUT2D eigenvalue weighted by atomic mass is 10.0. The van der Waals surface area contributed by atoms with Crippen LogP contribution in [0.3, 0.4) is 0 Å². The van der Waals surface area contributed by atoms with Gasteiger partial charge < -0.3 is 19.7 Å². The molecule has 36 heavy (non-hydrogen) atoms. The lowest BCUT2D eigenvalue weighted by Crippen LogP contribution is -2.29. The molecule has 0 aliphatic carbocycles. The minimum Gasteiger partial charge on any atom is -0.480 e. The van der Waals surface area contributed by atoms with Crippen LogP contribution in [0.1, 0.15) is 6.42 Å². The van der Waals surface area contributed by atoms with Crippen LogP contribution >= 0.6 is 11.3 Å². The first-order valence-electron chi connectivity index (χ1n) is 11.4. The number of benzene rings is 2. The molecule has 0 spiro atoms. The van der Waals surface area contributed by atoms with Crippen LogP contribution in [-0.4, -0.2) is 62.3 Å². The Morgan fingerprint density at radius 1 is 1.11 bits per heavy atom. The Kier molecular flexibility index (Phi) is 5.41. The molecule has 0 radical (unpaired) electrons. The number of anilines is 2. The van der Waals surface area contributed by atoms with Gasteiger partial charge in [0.25, 0.3) is 5.91 Å². The first-order valence-corrected chi connectivity index (χ1v) is 12.3. The zero-order valence-corrected chi connectivity index (χ0v) is 20.7. The van der Waals surface area contributed by atoms with Crippen molar-refractivity contribution < 1.29 is 14.3 Å². The third kappa shape index (κ3) is 3.87. The number of nitrogens with one attached hydrogen (secondary N) is 1. The number of carbonyl (C=O) groups excluding carboxylic acids is 1. The van der Waals surface area contributed by atoms with Crippen molar-refractivity contribution in [1.82, 2.24) is 29.6 Å². The normalized spacial score (nSPS) is 15.7. The Labute approximate surface area is 210 Å². The maximum absolute atomic E-state index is 12.7. The van der Waals surface area contributed by atoms with Crippen LogP contribution in [-0.2, 0) is 11.8 Å². The summed E-state index contributed by atoms with van der Waals surface area (Å²) in [6.07, 6.45) is 3.42. The van der Waals surface area contributed by atoms with Crippen molar-refractivity contribution in [1.29, 1.82) is 0 Å². The van der Waals surface area contributed by atoms with Crippen LogP contribution in [0.2, 0.25) is 0 Å². The summed E-state index contributed by atoms with van der Waals surface area (Å²) >= 11 is 1.58. The topological polar surface area (TPSA) is 107 Å². The third-order valence-electron chi connectivity index (χ3n) is 6.24. The zero-order valence-electron chi connectivity index (χ0n) is 19.9. The van der Waals surface area contributed by atoms with Crippen LogP contribution < -0.4 is 14.8 Å². The number of carbonyl (C=O) groups is 1. The van der Waals surface area contributed by atoms with E-state index in [4.69, 9.17) is 9.47 Å². The maximum Gasteiger partial charge on any atom is 0.263 e. The average Bonchev–Trinajstić information content (AvgIpc) is 3.58. The van der Waals surface area contributed by atoms with Gasteiger partial charge >= 0.3 is 0 Å². The lowest BCUT2D eigenvalue weighted by Gasteiger charge is -2.18. The van der Waals surface area contributed by atoms with Crippen molar-refractivity contribution in [2.24, 2.45) is 7.05 Å². The summed E-state index contributed by atoms with van der Waals surface area (Å²) in [5.74, 6) is 1.55. The van der Waals surface area contributed by atoms with Crippen LogP contribution in [0.4, 0.5) is 11.5 Å². The summed E-state index contributed by atoms with van der Waals surface area (Å²) in [5, 5.41) is 8.48. The van der Waals surface area contributed by atoms with Gasteiger partial charge in [0.15, 0.2) is 6.10 Å². The first kappa shape index (κ1) is 22.2. The number of hydrogen-bond acceptors (Lipinski definition) is 9. The molecule has 1 N–H and O–H groups in total. The Bertz CT molecular complexity index is 1610. The molecule has 0 saturated carbocycles. The molecule has 1 fully saturated rings. The van der Waals surface area contributed by atoms with Gasteiger partial charge in [0, 0.05) is 38.9 Å². The number of nitrogens with zero attached hydrogens (tertiary/aromatic N) is 6. The molecule has 1 aliphatic heterocycles. The standard InChI is InChI=1S/C25H23N7O3S/c1-31-7-6-19(25(31)33)35-20-9-14(16-11-32(2)30-24(16)34-3)8-18-22(20)23(27-12-26-18)29-15-4-5-17-21(10-15)36-13-28-17/h4-5,8-13,19H,6-7H2,1-3H3,(H,26,27,29)/t19-/m1/s1. The van der Waals surface area contributed by atoms with E-state index in [0.29, 0.717) is 41.3 Å². The molecule has 4 heterocycles. The molecule has 182 valence electrons. The molecule has 3 aromatic heterocycles. The molecule has 11 heteroatoms. The summed E-state index contributed by atoms with van der Waals surface area (Å²) in [7, 11) is 5.20. The molecule has 0 unspecified atom stereocenters. The summed E-state index contributed by atoms with van der Waals surface area (Å²) < 4.78 is 14.6. The fourth-order valence-corrected chi connectivity index (χ4v) is 5.15. The smallest absolute Gasteiger partial charge is 0.263 e. The fraction of sp³-hybridized carbons (Fsp3) is 0.240. The highest BCUT2D eigenvalue weighted by molar-refractivity contribution is 7.16. The van der Waals surface area contributed by atoms with Gasteiger partial charge in [-0.1, -0.05) is 0 Å². The summed E-state index contributed by atoms with van der Waals surface area (Å²) in [4.78, 5) is 27.8. The second-order valence-electron chi connectivity index (χ2n) is 8.63. The van der Waals surface area contributed by atoms with E-state index in [1.54, 1.807) is 35.1 Å². The van der Waals surface area contributed by atoms with E-state index in [-0.39, 0.29) is 5.91 Å². The van der Waals surface area contributed by atoms with Crippen LogP contribution in [0.5, 0.6) is 11.6 Å². The number of aryl methyl sites for hydroxylation is 1. The maximum atomic E-state index is 12.7. The molecule has 1 aliphatic rings. The van der Waals surface area contributed by atoms with Crippen LogP contribution in [0.15, 0.2) is 48.4 Å². The minimum absolute atomic E-state index is 0.0467. The Hall–Kier alpha value is -4.25. The summed E-state index contributed by atoms with van der Waals surface area (Å²) in [6.45, 7) is 0.647. The molecule has 2 aromatic carbocycles. The monoisotopic (exact) mass is 501 g/mol. The van der Waals surface area contributed by atoms with Crippen molar-refractivity contribution in [2.45, 2.75) is 12.5 Å². The zero-order chi connectivity index (χ0) is 24.8. The molecule has 1 amide bonds. The Morgan fingerprint density at radius 3 is 2.81 bits per heavy atom. The number of likely N-dealkylation sites (tertiary alicyclic amines) is 1. The van der Waals surface area contributed by atoms with E-state index in [0.717, 1.165) is 27.0 Å². The molecule has 1 saturated heterocycles. The SMILES string of the molecule is COc1nn(C)cc1-c1cc(O[C@@H]2CCN(C)C2=O)c2c(Nc3ccc4ncsc4c3)ncnc2c1. The van der Waals surface area contributed by atoms with Gasteiger partial charge in [0.1, 0.15) is 17.9 Å². The second kappa shape index (κ2) is 8.76. The van der Waals surface area contributed by atoms with E-state index in [1.165, 1.54) is 6.33 Å². The highest BCUT2D eigenvalue weighted by Gasteiger charge is 2.32. The molecular formula is C25H23N7O3S. The van der Waals surface area contributed by atoms with Crippen molar-refractivity contribution in [2.75, 3.05) is 26.0 Å². The van der Waals surface area contributed by atoms with Gasteiger partial charge in [0.05, 0.1) is 39.3 Å². The van der Waals surface area contributed by atoms with Gasteiger partial charge in [-0.25, -0.2) is 15.0 Å². The minimum atomic E-state index is -0.578. The van der Waals surface area contributed by atoms with E-state index in [2.05, 4.69) is 25.4 Å². The molecule has 5 aromatic rings. The number of methoxy groups -OCH3 is 1. The molecule has 10 nitrogen and oxygen atoms in total. The van der Waals surface area contributed by atoms with Gasteiger partial charge in [-0.3, -0.25) is 9.48 Å². The Balaban J connectivity index is 1.49. The number of rotatable bonds is 6. The quantitative estimate of drug-likeness (QED) is 0.372. The lowest BCUT2D eigenvalue weighted by molar-refractivity contribution is -0.132. The van der Waals surface area contributed by atoms with Gasteiger partial charge in [-0.2, -0.15) is 0 Å². The van der Waals surface area contributed by atoms with Crippen molar-refractivity contribution in [3.63, 3.8) is 0 Å². The number of thiazole rings is 1. The third-order valence-corrected chi connectivity index (χ3v) is 7.03. The highest BCUT2D eigenvalue weighted by Crippen LogP contribution is 2.39. The van der Waals surface area contributed by atoms with E-state index >= 15 is 0 Å². The molecule has 1 atom stereocenters. The van der Waals surface area contributed by atoms with E-state index in [9.17, 15) is 4.79 Å². The largest absolute Gasteiger partial charge is 0.480 e. The van der Waals surface area contributed by atoms with Gasteiger partial charge in [-0.05, 0) is 35.9 Å². The number of fused-ring (bicyclic) bond motifs is 2. The number of aromatic nitrogens is 5. The fourth-order valence-electron chi connectivity index (χ4n) is 4.44. The molecular weight excluding hydrogens is 478 g/mol. The molecule has 0 bridgehead atoms. The van der Waals surface area contributed by atoms with Gasteiger partial charge in [-0.15, -0.1) is 16.4 Å². The second-order valence-corrected chi connectivity index (χ2v) is 9.52. The van der Waals surface area contributed by atoms with E-state index < -0.39 is 6.10 Å². The Morgan fingerprint density at radius 2 is 2.00 bits per heavy atom. The summed E-state index contributed by atoms with van der Waals surface area (Å²) in [5.41, 5.74) is 5.92. The van der Waals surface area contributed by atoms with Gasteiger partial charge in [0.2, 0.25) is 5.88 Å². The number of ether oxygens (including phenoxy) is 2. The predicted molar refractivity (Wildman–Crippen MR) is 138 cm³/mol. The highest BCUT2D eigenvalue weighted by atomic mass is 32.1. The van der Waals surface area contributed by atoms with Crippen LogP contribution in [0, 0.1) is 0 Å². The average molecular weight is 502 g/mol. The van der Waals surface area contributed by atoms with Crippen molar-refractivity contribution >= 4 is 49.9 Å².